The molecule has 0 aliphatic rings. The number of quaternary nitrogens is 1. The smallest absolute Gasteiger partial charge is 0.391 e. The standard InChI is InChI=1S/C64H125N2O6P/c1-6-8-10-12-14-16-18-20-22-23-24-25-26-27-28-29-30-31-32-33-34-35-36-37-38-39-40-41-42-43-44-46-48-50-52-54-56-58-64(68)65-62(61-72-73(69,70)71-60-59-66(3,4)5)63(67)57-55-53-51-49-47-45-21-19-17-15-13-11-9-7-2/h18,20,23-24,26-27,62-63,67H,6-17,19,21-22,25,28-61H2,1-5H3,(H-,65,68,69,70)/p+1/b20-18-,24-23-,27-26-. The minimum absolute atomic E-state index is 0.0768. The molecule has 0 rings (SSSR count). The van der Waals surface area contributed by atoms with Crippen molar-refractivity contribution in [1.29, 1.82) is 0 Å². The normalized spacial score (nSPS) is 14.0. The number of hydrogen-bond acceptors (Lipinski definition) is 5. The van der Waals surface area contributed by atoms with Crippen LogP contribution in [-0.2, 0) is 18.4 Å². The number of carbonyl (C=O) groups is 1. The molecule has 0 aromatic rings. The number of rotatable bonds is 59. The number of allylic oxidation sites excluding steroid dienone is 6. The Bertz CT molecular complexity index is 1280. The molecule has 3 unspecified atom stereocenters. The first-order valence-corrected chi connectivity index (χ1v) is 33.3. The molecule has 3 atom stereocenters. The first-order chi connectivity index (χ1) is 35.5. The third-order valence-electron chi connectivity index (χ3n) is 14.6. The summed E-state index contributed by atoms with van der Waals surface area (Å²) in [6.45, 7) is 4.91. The zero-order valence-electron chi connectivity index (χ0n) is 49.4. The van der Waals surface area contributed by atoms with E-state index in [1.165, 1.54) is 238 Å². The topological polar surface area (TPSA) is 105 Å². The van der Waals surface area contributed by atoms with Crippen LogP contribution in [0.4, 0.5) is 0 Å². The molecule has 0 saturated heterocycles. The molecule has 0 radical (unpaired) electrons. The monoisotopic (exact) mass is 1050 g/mol. The molecular weight excluding hydrogens is 924 g/mol. The molecule has 0 fully saturated rings. The van der Waals surface area contributed by atoms with E-state index in [9.17, 15) is 19.4 Å². The summed E-state index contributed by atoms with van der Waals surface area (Å²) in [6, 6.07) is -0.758. The summed E-state index contributed by atoms with van der Waals surface area (Å²) in [5.41, 5.74) is 0. The van der Waals surface area contributed by atoms with Crippen LogP contribution in [0.5, 0.6) is 0 Å². The van der Waals surface area contributed by atoms with Gasteiger partial charge in [0.25, 0.3) is 0 Å². The van der Waals surface area contributed by atoms with Gasteiger partial charge in [0.1, 0.15) is 13.2 Å². The van der Waals surface area contributed by atoms with Crippen LogP contribution in [0.25, 0.3) is 0 Å². The summed E-state index contributed by atoms with van der Waals surface area (Å²) >= 11 is 0. The molecule has 0 aromatic carbocycles. The molecule has 3 N–H and O–H groups in total. The predicted molar refractivity (Wildman–Crippen MR) is 318 cm³/mol. The Balaban J connectivity index is 3.90. The Morgan fingerprint density at radius 3 is 1.14 bits per heavy atom. The Morgan fingerprint density at radius 1 is 0.466 bits per heavy atom. The van der Waals surface area contributed by atoms with Crippen molar-refractivity contribution in [2.24, 2.45) is 0 Å². The summed E-state index contributed by atoms with van der Waals surface area (Å²) in [4.78, 5) is 23.3. The number of phosphoric acid groups is 1. The van der Waals surface area contributed by atoms with Gasteiger partial charge in [-0.25, -0.2) is 4.57 Å². The zero-order valence-corrected chi connectivity index (χ0v) is 50.3. The van der Waals surface area contributed by atoms with Crippen LogP contribution in [0.15, 0.2) is 36.5 Å². The maximum Gasteiger partial charge on any atom is 0.472 e. The third-order valence-corrected chi connectivity index (χ3v) is 15.6. The number of amides is 1. The number of carbonyl (C=O) groups excluding carboxylic acids is 1. The van der Waals surface area contributed by atoms with E-state index in [0.717, 1.165) is 51.4 Å². The van der Waals surface area contributed by atoms with Crippen LogP contribution in [-0.4, -0.2) is 73.4 Å². The van der Waals surface area contributed by atoms with Crippen molar-refractivity contribution in [3.05, 3.63) is 36.5 Å². The second-order valence-corrected chi connectivity index (χ2v) is 24.6. The molecule has 1 amide bonds. The van der Waals surface area contributed by atoms with Crippen LogP contribution in [0.2, 0.25) is 0 Å². The SMILES string of the molecule is CCCCCCC/C=C\C/C=C\C/C=C\CCCCCCCCCCCCCCCCCCCCCCCCC(=O)NC(COP(=O)(O)OCC[N+](C)(C)C)C(O)CCCCCCCCCCCCCCCC. The number of nitrogens with zero attached hydrogens (tertiary/aromatic N) is 1. The molecule has 0 aromatic heterocycles. The number of aliphatic hydroxyl groups is 1. The molecular formula is C64H126N2O6P+. The van der Waals surface area contributed by atoms with Gasteiger partial charge >= 0.3 is 7.82 Å². The van der Waals surface area contributed by atoms with Gasteiger partial charge in [-0.15, -0.1) is 0 Å². The Kier molecular flexibility index (Phi) is 54.5. The maximum atomic E-state index is 13.0. The van der Waals surface area contributed by atoms with E-state index < -0.39 is 20.0 Å². The van der Waals surface area contributed by atoms with Gasteiger partial charge in [0.15, 0.2) is 0 Å². The Labute approximate surface area is 455 Å². The van der Waals surface area contributed by atoms with Crippen molar-refractivity contribution < 1.29 is 32.9 Å². The quantitative estimate of drug-likeness (QED) is 0.0243. The largest absolute Gasteiger partial charge is 0.472 e. The average molecular weight is 1050 g/mol. The summed E-state index contributed by atoms with van der Waals surface area (Å²) in [6.07, 6.45) is 72.3. The van der Waals surface area contributed by atoms with E-state index in [0.29, 0.717) is 23.9 Å². The van der Waals surface area contributed by atoms with Gasteiger partial charge in [-0.05, 0) is 51.4 Å². The fraction of sp³-hybridized carbons (Fsp3) is 0.891. The van der Waals surface area contributed by atoms with Gasteiger partial charge in [-0.1, -0.05) is 294 Å². The third kappa shape index (κ3) is 58.2. The van der Waals surface area contributed by atoms with Crippen LogP contribution in [0, 0.1) is 0 Å². The van der Waals surface area contributed by atoms with Crippen molar-refractivity contribution >= 4 is 13.7 Å². The molecule has 0 saturated carbocycles. The molecule has 432 valence electrons. The first kappa shape index (κ1) is 71.7. The van der Waals surface area contributed by atoms with Crippen LogP contribution < -0.4 is 5.32 Å². The molecule has 9 heteroatoms. The summed E-state index contributed by atoms with van der Waals surface area (Å²) in [5.74, 6) is -0.139. The summed E-state index contributed by atoms with van der Waals surface area (Å²) in [5, 5.41) is 14.1. The lowest BCUT2D eigenvalue weighted by molar-refractivity contribution is -0.870. The van der Waals surface area contributed by atoms with Gasteiger partial charge < -0.3 is 19.8 Å². The number of hydrogen-bond donors (Lipinski definition) is 3. The zero-order chi connectivity index (χ0) is 53.5. The van der Waals surface area contributed by atoms with E-state index in [-0.39, 0.29) is 19.1 Å². The molecule has 73 heavy (non-hydrogen) atoms. The molecule has 0 spiro atoms. The van der Waals surface area contributed by atoms with E-state index in [4.69, 9.17) is 9.05 Å². The van der Waals surface area contributed by atoms with E-state index >= 15 is 0 Å². The van der Waals surface area contributed by atoms with Crippen molar-refractivity contribution in [3.63, 3.8) is 0 Å². The number of phosphoric ester groups is 1. The number of nitrogens with one attached hydrogen (secondary N) is 1. The summed E-state index contributed by atoms with van der Waals surface area (Å²) < 4.78 is 23.8. The highest BCUT2D eigenvalue weighted by molar-refractivity contribution is 7.47. The van der Waals surface area contributed by atoms with Gasteiger partial charge in [0.2, 0.25) is 5.91 Å². The van der Waals surface area contributed by atoms with Crippen LogP contribution in [0.1, 0.15) is 316 Å². The van der Waals surface area contributed by atoms with E-state index in [1.54, 1.807) is 0 Å². The van der Waals surface area contributed by atoms with Gasteiger partial charge in [-0.3, -0.25) is 13.8 Å². The predicted octanol–water partition coefficient (Wildman–Crippen LogP) is 19.7. The minimum Gasteiger partial charge on any atom is -0.391 e. The van der Waals surface area contributed by atoms with Gasteiger partial charge in [0, 0.05) is 6.42 Å². The highest BCUT2D eigenvalue weighted by Gasteiger charge is 2.28. The lowest BCUT2D eigenvalue weighted by atomic mass is 10.0. The molecule has 0 aliphatic heterocycles. The molecule has 0 aliphatic carbocycles. The maximum absolute atomic E-state index is 13.0. The van der Waals surface area contributed by atoms with Gasteiger partial charge in [0.05, 0.1) is 39.9 Å². The van der Waals surface area contributed by atoms with Crippen LogP contribution in [0.3, 0.4) is 0 Å². The number of likely N-dealkylation sites (N-methyl/N-ethyl adjacent to an activating group) is 1. The minimum atomic E-state index is -4.32. The number of aliphatic hydroxyl groups excluding tert-OH is 1. The Morgan fingerprint density at radius 2 is 0.781 bits per heavy atom. The van der Waals surface area contributed by atoms with Crippen molar-refractivity contribution in [1.82, 2.24) is 5.32 Å². The second kappa shape index (κ2) is 55.5. The first-order valence-electron chi connectivity index (χ1n) is 31.9. The summed E-state index contributed by atoms with van der Waals surface area (Å²) in [7, 11) is 1.63. The van der Waals surface area contributed by atoms with Gasteiger partial charge in [-0.2, -0.15) is 0 Å². The van der Waals surface area contributed by atoms with Crippen molar-refractivity contribution in [3.8, 4) is 0 Å². The highest BCUT2D eigenvalue weighted by Crippen LogP contribution is 2.43. The molecule has 0 bridgehead atoms. The Hall–Kier alpha value is -1.28. The fourth-order valence-corrected chi connectivity index (χ4v) is 10.4. The molecule has 0 heterocycles. The van der Waals surface area contributed by atoms with Crippen LogP contribution >= 0.6 is 7.82 Å². The van der Waals surface area contributed by atoms with Crippen molar-refractivity contribution in [2.75, 3.05) is 40.9 Å². The van der Waals surface area contributed by atoms with E-state index in [1.807, 2.05) is 21.1 Å². The second-order valence-electron chi connectivity index (χ2n) is 23.1. The number of unbranched alkanes of at least 4 members (excludes halogenated alkanes) is 40. The average Bonchev–Trinajstić information content (AvgIpc) is 3.35. The highest BCUT2D eigenvalue weighted by atomic mass is 31.2. The lowest BCUT2D eigenvalue weighted by Crippen LogP contribution is -2.46. The fourth-order valence-electron chi connectivity index (χ4n) is 9.65. The molecule has 8 nitrogen and oxygen atoms in total. The van der Waals surface area contributed by atoms with Crippen molar-refractivity contribution in [2.45, 2.75) is 328 Å². The lowest BCUT2D eigenvalue weighted by Gasteiger charge is -2.26. The van der Waals surface area contributed by atoms with E-state index in [2.05, 4.69) is 55.6 Å².